The van der Waals surface area contributed by atoms with Crippen LogP contribution in [0, 0.1) is 5.82 Å². The van der Waals surface area contributed by atoms with Gasteiger partial charge in [0.05, 0.1) is 11.3 Å². The molecule has 21 heavy (non-hydrogen) atoms. The Morgan fingerprint density at radius 2 is 1.86 bits per heavy atom. The lowest BCUT2D eigenvalue weighted by atomic mass is 10.2. The Labute approximate surface area is 120 Å². The summed E-state index contributed by atoms with van der Waals surface area (Å²) in [6.45, 7) is 0.0570. The molecule has 2 aromatic carbocycles. The van der Waals surface area contributed by atoms with Gasteiger partial charge in [0, 0.05) is 0 Å². The van der Waals surface area contributed by atoms with Crippen LogP contribution in [0.15, 0.2) is 48.5 Å². The number of anilines is 1. The topological polar surface area (TPSA) is 75.6 Å². The third-order valence-electron chi connectivity index (χ3n) is 2.67. The highest BCUT2D eigenvalue weighted by Gasteiger charge is 2.11. The molecule has 0 atom stereocenters. The first-order valence-electron chi connectivity index (χ1n) is 6.07. The van der Waals surface area contributed by atoms with Crippen LogP contribution in [-0.4, -0.2) is 17.2 Å². The van der Waals surface area contributed by atoms with Crippen LogP contribution in [-0.2, 0) is 11.3 Å². The van der Waals surface area contributed by atoms with E-state index in [-0.39, 0.29) is 17.9 Å². The molecule has 0 bridgehead atoms. The van der Waals surface area contributed by atoms with Gasteiger partial charge in [-0.3, -0.25) is 5.32 Å². The summed E-state index contributed by atoms with van der Waals surface area (Å²) in [5.41, 5.74) is 0.461. The predicted octanol–water partition coefficient (Wildman–Crippen LogP) is 3.27. The number of hydrogen-bond acceptors (Lipinski definition) is 3. The van der Waals surface area contributed by atoms with Crippen molar-refractivity contribution in [3.05, 3.63) is 65.5 Å². The predicted molar refractivity (Wildman–Crippen MR) is 73.6 cm³/mol. The summed E-state index contributed by atoms with van der Waals surface area (Å²) in [7, 11) is 0. The summed E-state index contributed by atoms with van der Waals surface area (Å²) in [6, 6.07) is 12.2. The number of benzene rings is 2. The largest absolute Gasteiger partial charge is 0.478 e. The van der Waals surface area contributed by atoms with Crippen molar-refractivity contribution in [2.24, 2.45) is 0 Å². The number of nitrogens with one attached hydrogen (secondary N) is 1. The molecular formula is C15H12FNO4. The zero-order chi connectivity index (χ0) is 15.2. The lowest BCUT2D eigenvalue weighted by molar-refractivity contribution is 0.0696. The minimum absolute atomic E-state index is 0.0570. The van der Waals surface area contributed by atoms with Gasteiger partial charge >= 0.3 is 12.1 Å². The van der Waals surface area contributed by atoms with E-state index in [1.807, 2.05) is 6.07 Å². The first-order chi connectivity index (χ1) is 10.1. The van der Waals surface area contributed by atoms with E-state index in [1.54, 1.807) is 24.3 Å². The molecule has 1 amide bonds. The number of hydrogen-bond donors (Lipinski definition) is 2. The van der Waals surface area contributed by atoms with E-state index < -0.39 is 17.9 Å². The summed E-state index contributed by atoms with van der Waals surface area (Å²) in [4.78, 5) is 22.2. The molecule has 0 unspecified atom stereocenters. The second-order valence-electron chi connectivity index (χ2n) is 4.19. The standard InChI is InChI=1S/C15H12FNO4/c16-12-8-11(14(18)19)6-7-13(12)17-15(20)21-9-10-4-2-1-3-5-10/h1-8H,9H2,(H,17,20)(H,18,19). The van der Waals surface area contributed by atoms with Gasteiger partial charge in [-0.2, -0.15) is 0 Å². The zero-order valence-corrected chi connectivity index (χ0v) is 10.9. The van der Waals surface area contributed by atoms with Crippen LogP contribution in [0.3, 0.4) is 0 Å². The fraction of sp³-hybridized carbons (Fsp3) is 0.0667. The summed E-state index contributed by atoms with van der Waals surface area (Å²) in [5, 5.41) is 10.9. The number of carbonyl (C=O) groups excluding carboxylic acids is 1. The summed E-state index contributed by atoms with van der Waals surface area (Å²) in [5.74, 6) is -2.08. The molecule has 0 saturated heterocycles. The maximum atomic E-state index is 13.6. The molecule has 108 valence electrons. The van der Waals surface area contributed by atoms with Gasteiger partial charge in [-0.1, -0.05) is 30.3 Å². The first kappa shape index (κ1) is 14.5. The van der Waals surface area contributed by atoms with Crippen LogP contribution in [0.2, 0.25) is 0 Å². The Morgan fingerprint density at radius 3 is 2.48 bits per heavy atom. The number of carboxylic acid groups (broad SMARTS) is 1. The SMILES string of the molecule is O=C(Nc1ccc(C(=O)O)cc1F)OCc1ccccc1. The number of ether oxygens (including phenoxy) is 1. The second kappa shape index (κ2) is 6.51. The second-order valence-corrected chi connectivity index (χ2v) is 4.19. The number of rotatable bonds is 4. The third-order valence-corrected chi connectivity index (χ3v) is 2.67. The van der Waals surface area contributed by atoms with Crippen molar-refractivity contribution in [1.82, 2.24) is 0 Å². The molecule has 0 aliphatic rings. The highest BCUT2D eigenvalue weighted by Crippen LogP contribution is 2.16. The van der Waals surface area contributed by atoms with Crippen molar-refractivity contribution in [1.29, 1.82) is 0 Å². The summed E-state index contributed by atoms with van der Waals surface area (Å²) >= 11 is 0. The van der Waals surface area contributed by atoms with Crippen LogP contribution in [0.25, 0.3) is 0 Å². The number of carboxylic acids is 1. The van der Waals surface area contributed by atoms with Crippen LogP contribution < -0.4 is 5.32 Å². The molecule has 0 aromatic heterocycles. The Bertz CT molecular complexity index is 658. The molecule has 2 N–H and O–H groups in total. The van der Waals surface area contributed by atoms with Crippen molar-refractivity contribution in [3.63, 3.8) is 0 Å². The highest BCUT2D eigenvalue weighted by atomic mass is 19.1. The van der Waals surface area contributed by atoms with Crippen molar-refractivity contribution in [2.45, 2.75) is 6.61 Å². The van der Waals surface area contributed by atoms with Gasteiger partial charge in [-0.05, 0) is 23.8 Å². The van der Waals surface area contributed by atoms with Gasteiger partial charge in [0.1, 0.15) is 12.4 Å². The van der Waals surface area contributed by atoms with Gasteiger partial charge in [0.15, 0.2) is 0 Å². The van der Waals surface area contributed by atoms with E-state index >= 15 is 0 Å². The molecule has 6 heteroatoms. The Morgan fingerprint density at radius 1 is 1.14 bits per heavy atom. The Kier molecular flexibility index (Phi) is 4.50. The minimum Gasteiger partial charge on any atom is -0.478 e. The van der Waals surface area contributed by atoms with E-state index in [4.69, 9.17) is 9.84 Å². The molecular weight excluding hydrogens is 277 g/mol. The van der Waals surface area contributed by atoms with Gasteiger partial charge in [-0.15, -0.1) is 0 Å². The average Bonchev–Trinajstić information content (AvgIpc) is 2.48. The maximum Gasteiger partial charge on any atom is 0.412 e. The maximum absolute atomic E-state index is 13.6. The molecule has 0 saturated carbocycles. The van der Waals surface area contributed by atoms with E-state index in [9.17, 15) is 14.0 Å². The van der Waals surface area contributed by atoms with E-state index in [0.717, 1.165) is 11.6 Å². The zero-order valence-electron chi connectivity index (χ0n) is 10.9. The van der Waals surface area contributed by atoms with Crippen LogP contribution >= 0.6 is 0 Å². The third kappa shape index (κ3) is 4.04. The van der Waals surface area contributed by atoms with Crippen LogP contribution in [0.4, 0.5) is 14.9 Å². The first-order valence-corrected chi connectivity index (χ1v) is 6.07. The van der Waals surface area contributed by atoms with E-state index in [1.165, 1.54) is 12.1 Å². The molecule has 0 fully saturated rings. The number of halogens is 1. The minimum atomic E-state index is -1.24. The molecule has 0 heterocycles. The number of aromatic carboxylic acids is 1. The van der Waals surface area contributed by atoms with E-state index in [0.29, 0.717) is 0 Å². The summed E-state index contributed by atoms with van der Waals surface area (Å²) < 4.78 is 18.5. The number of carbonyl (C=O) groups is 2. The van der Waals surface area contributed by atoms with Crippen LogP contribution in [0.5, 0.6) is 0 Å². The van der Waals surface area contributed by atoms with Gasteiger partial charge in [0.2, 0.25) is 0 Å². The Balaban J connectivity index is 1.95. The smallest absolute Gasteiger partial charge is 0.412 e. The van der Waals surface area contributed by atoms with Gasteiger partial charge in [-0.25, -0.2) is 14.0 Å². The fourth-order valence-corrected chi connectivity index (χ4v) is 1.62. The molecule has 0 spiro atoms. The van der Waals surface area contributed by atoms with Gasteiger partial charge in [0.25, 0.3) is 0 Å². The molecule has 2 rings (SSSR count). The average molecular weight is 289 g/mol. The lowest BCUT2D eigenvalue weighted by Crippen LogP contribution is -2.14. The Hall–Kier alpha value is -2.89. The monoisotopic (exact) mass is 289 g/mol. The normalized spacial score (nSPS) is 9.95. The molecule has 5 nitrogen and oxygen atoms in total. The summed E-state index contributed by atoms with van der Waals surface area (Å²) in [6.07, 6.45) is -0.819. The van der Waals surface area contributed by atoms with Crippen molar-refractivity contribution in [2.75, 3.05) is 5.32 Å². The van der Waals surface area contributed by atoms with Crippen LogP contribution in [0.1, 0.15) is 15.9 Å². The fourth-order valence-electron chi connectivity index (χ4n) is 1.62. The van der Waals surface area contributed by atoms with Crippen molar-refractivity contribution < 1.29 is 23.8 Å². The van der Waals surface area contributed by atoms with E-state index in [2.05, 4.69) is 5.32 Å². The number of amides is 1. The van der Waals surface area contributed by atoms with Crippen molar-refractivity contribution in [3.8, 4) is 0 Å². The molecule has 0 radical (unpaired) electrons. The van der Waals surface area contributed by atoms with Gasteiger partial charge < -0.3 is 9.84 Å². The quantitative estimate of drug-likeness (QED) is 0.905. The molecule has 0 aliphatic heterocycles. The molecule has 0 aliphatic carbocycles. The molecule has 2 aromatic rings. The highest BCUT2D eigenvalue weighted by molar-refractivity contribution is 5.89. The van der Waals surface area contributed by atoms with Crippen molar-refractivity contribution >= 4 is 17.7 Å². The lowest BCUT2D eigenvalue weighted by Gasteiger charge is -2.08.